The van der Waals surface area contributed by atoms with Crippen LogP contribution < -0.4 is 0 Å². The van der Waals surface area contributed by atoms with Gasteiger partial charge in [0.1, 0.15) is 6.10 Å². The van der Waals surface area contributed by atoms with E-state index in [0.29, 0.717) is 11.8 Å². The first kappa shape index (κ1) is 48.3. The molecule has 3 aliphatic carbocycles. The van der Waals surface area contributed by atoms with E-state index in [1.54, 1.807) is 11.6 Å². The quantitative estimate of drug-likeness (QED) is 0.0672. The van der Waals surface area contributed by atoms with Crippen molar-refractivity contribution in [2.24, 2.45) is 17.3 Å². The second-order valence-corrected chi connectivity index (χ2v) is 35.2. The van der Waals surface area contributed by atoms with Gasteiger partial charge in [0, 0.05) is 12.0 Å². The summed E-state index contributed by atoms with van der Waals surface area (Å²) in [6.45, 7) is 43.8. The Morgan fingerprint density at radius 3 is 1.82 bits per heavy atom. The van der Waals surface area contributed by atoms with Crippen molar-refractivity contribution < 1.29 is 22.8 Å². The van der Waals surface area contributed by atoms with E-state index in [4.69, 9.17) is 18.0 Å². The summed E-state index contributed by atoms with van der Waals surface area (Å²) in [6.07, 6.45) is 17.7. The van der Waals surface area contributed by atoms with E-state index in [1.165, 1.54) is 18.4 Å². The van der Waals surface area contributed by atoms with Gasteiger partial charge >= 0.3 is 5.97 Å². The van der Waals surface area contributed by atoms with E-state index in [0.717, 1.165) is 68.7 Å². The SMILES string of the molecule is C=C1[C@H](O[Si](C)(C)C(C)(C)C)CC(=C/C=C2\CCC[C@]3(C)[C@@H]([C@H](C)OC(=O)/C=C/C(CC)(CC)O[Si](CC)(CC)CC)CC[C@@H]23)C[C@H]1O[Si](C)(C)C(C)(C)C. The first-order valence-corrected chi connectivity index (χ1v) is 30.7. The summed E-state index contributed by atoms with van der Waals surface area (Å²) in [5.74, 6) is 0.617. The Hall–Kier alpha value is -1.04. The molecule has 0 aromatic carbocycles. The largest absolute Gasteiger partial charge is 0.459 e. The first-order chi connectivity index (χ1) is 25.3. The van der Waals surface area contributed by atoms with Gasteiger partial charge in [0.2, 0.25) is 0 Å². The van der Waals surface area contributed by atoms with E-state index in [2.05, 4.69) is 135 Å². The van der Waals surface area contributed by atoms with Crippen LogP contribution in [0.2, 0.25) is 54.4 Å². The Kier molecular flexibility index (Phi) is 16.2. The summed E-state index contributed by atoms with van der Waals surface area (Å²) in [7, 11) is -5.90. The van der Waals surface area contributed by atoms with Gasteiger partial charge in [-0.05, 0) is 142 Å². The summed E-state index contributed by atoms with van der Waals surface area (Å²) in [6, 6.07) is 3.29. The molecule has 0 N–H and O–H groups in total. The Labute approximate surface area is 343 Å². The highest BCUT2D eigenvalue weighted by Crippen LogP contribution is 2.59. The molecule has 8 heteroatoms. The molecule has 3 fully saturated rings. The van der Waals surface area contributed by atoms with E-state index in [-0.39, 0.29) is 39.8 Å². The lowest BCUT2D eigenvalue weighted by Gasteiger charge is -2.46. The highest BCUT2D eigenvalue weighted by molar-refractivity contribution is 6.75. The monoisotopic (exact) mass is 815 g/mol. The molecule has 5 nitrogen and oxygen atoms in total. The van der Waals surface area contributed by atoms with Gasteiger partial charge < -0.3 is 18.0 Å². The molecule has 55 heavy (non-hydrogen) atoms. The standard InChI is InChI=1S/C47H86O5Si3/c1-19-47(20-2,52-55(21-3,22-4)23-5)32-30-43(48)49-36(7)39-28-29-40-38(25-24-31-46(39,40)14)27-26-37-33-41(50-53(15,16)44(8,9)10)35(6)42(34-37)51-54(17,18)45(11,12)13/h26-27,30,32,36,39-42H,6,19-25,28-29,31,33-34H2,1-5,7-18H3/b32-30+,38-27+/t36-,39+,40-,41+,42+,46+/m0/s1. The van der Waals surface area contributed by atoms with Crippen LogP contribution in [-0.2, 0) is 22.8 Å². The second-order valence-electron chi connectivity index (χ2n) is 21.0. The zero-order chi connectivity index (χ0) is 41.8. The topological polar surface area (TPSA) is 54.0 Å². The van der Waals surface area contributed by atoms with Crippen molar-refractivity contribution in [2.75, 3.05) is 0 Å². The van der Waals surface area contributed by atoms with Gasteiger partial charge in [-0.1, -0.05) is 113 Å². The number of carbonyl (C=O) groups excluding carboxylic acids is 1. The number of carbonyl (C=O) groups is 1. The predicted octanol–water partition coefficient (Wildman–Crippen LogP) is 14.3. The normalized spacial score (nSPS) is 27.5. The zero-order valence-corrected chi connectivity index (χ0v) is 41.9. The fourth-order valence-electron chi connectivity index (χ4n) is 9.33. The molecular weight excluding hydrogens is 729 g/mol. The Balaban J connectivity index is 1.83. The molecule has 3 rings (SSSR count). The van der Waals surface area contributed by atoms with Crippen molar-refractivity contribution in [1.29, 1.82) is 0 Å². The zero-order valence-electron chi connectivity index (χ0n) is 38.9. The third kappa shape index (κ3) is 11.2. The Bertz CT molecular complexity index is 1350. The van der Waals surface area contributed by atoms with E-state index >= 15 is 0 Å². The maximum absolute atomic E-state index is 13.4. The van der Waals surface area contributed by atoms with Crippen LogP contribution >= 0.6 is 0 Å². The average molecular weight is 815 g/mol. The maximum Gasteiger partial charge on any atom is 0.330 e. The van der Waals surface area contributed by atoms with E-state index in [1.807, 2.05) is 6.08 Å². The van der Waals surface area contributed by atoms with Crippen LogP contribution in [0.1, 0.15) is 148 Å². The Morgan fingerprint density at radius 2 is 1.36 bits per heavy atom. The van der Waals surface area contributed by atoms with Gasteiger partial charge in [0.25, 0.3) is 0 Å². The molecule has 0 saturated heterocycles. The van der Waals surface area contributed by atoms with Crippen LogP contribution in [0.3, 0.4) is 0 Å². The van der Waals surface area contributed by atoms with Crippen molar-refractivity contribution in [3.8, 4) is 0 Å². The average Bonchev–Trinajstić information content (AvgIpc) is 3.46. The molecule has 0 aromatic rings. The van der Waals surface area contributed by atoms with Crippen LogP contribution in [0, 0.1) is 17.3 Å². The smallest absolute Gasteiger partial charge is 0.330 e. The summed E-state index contributed by atoms with van der Waals surface area (Å²) in [5, 5.41) is 0.242. The third-order valence-corrected chi connectivity index (χ3v) is 29.4. The molecule has 0 radical (unpaired) electrons. The van der Waals surface area contributed by atoms with Crippen molar-refractivity contribution >= 4 is 30.9 Å². The molecule has 0 bridgehead atoms. The molecule has 0 spiro atoms. The van der Waals surface area contributed by atoms with Crippen molar-refractivity contribution in [1.82, 2.24) is 0 Å². The predicted molar refractivity (Wildman–Crippen MR) is 243 cm³/mol. The van der Waals surface area contributed by atoms with E-state index < -0.39 is 30.6 Å². The van der Waals surface area contributed by atoms with Crippen LogP contribution in [-0.4, -0.2) is 54.8 Å². The number of fused-ring (bicyclic) bond motifs is 1. The minimum atomic E-state index is -2.03. The second kappa shape index (κ2) is 18.5. The fraction of sp³-hybridized carbons (Fsp3) is 0.809. The molecule has 0 amide bonds. The summed E-state index contributed by atoms with van der Waals surface area (Å²) in [4.78, 5) is 13.4. The lowest BCUT2D eigenvalue weighted by Crippen LogP contribution is -2.49. The van der Waals surface area contributed by atoms with Gasteiger partial charge in [-0.15, -0.1) is 0 Å². The maximum atomic E-state index is 13.4. The number of allylic oxidation sites excluding steroid dienone is 3. The molecule has 3 saturated carbocycles. The highest BCUT2D eigenvalue weighted by Gasteiger charge is 2.52. The highest BCUT2D eigenvalue weighted by atomic mass is 28.4. The van der Waals surface area contributed by atoms with Gasteiger partial charge in [-0.2, -0.15) is 0 Å². The van der Waals surface area contributed by atoms with Gasteiger partial charge in [-0.3, -0.25) is 0 Å². The van der Waals surface area contributed by atoms with Gasteiger partial charge in [-0.25, -0.2) is 4.79 Å². The van der Waals surface area contributed by atoms with Crippen molar-refractivity contribution in [3.05, 3.63) is 47.6 Å². The minimum Gasteiger partial charge on any atom is -0.459 e. The molecule has 3 aliphatic rings. The van der Waals surface area contributed by atoms with Crippen LogP contribution in [0.25, 0.3) is 0 Å². The number of rotatable bonds is 16. The molecule has 0 aromatic heterocycles. The van der Waals surface area contributed by atoms with Crippen molar-refractivity contribution in [3.63, 3.8) is 0 Å². The lowest BCUT2D eigenvalue weighted by atomic mass is 9.62. The Morgan fingerprint density at radius 1 is 0.855 bits per heavy atom. The fourth-order valence-corrected chi connectivity index (χ4v) is 15.1. The van der Waals surface area contributed by atoms with Gasteiger partial charge in [0.05, 0.1) is 17.8 Å². The third-order valence-electron chi connectivity index (χ3n) is 15.7. The van der Waals surface area contributed by atoms with Crippen LogP contribution in [0.4, 0.5) is 0 Å². The molecule has 0 unspecified atom stereocenters. The molecule has 316 valence electrons. The molecule has 6 atom stereocenters. The van der Waals surface area contributed by atoms with Crippen molar-refractivity contribution in [2.45, 2.75) is 226 Å². The summed E-state index contributed by atoms with van der Waals surface area (Å²) < 4.78 is 27.5. The number of ether oxygens (including phenoxy) is 1. The lowest BCUT2D eigenvalue weighted by molar-refractivity contribution is -0.147. The summed E-state index contributed by atoms with van der Waals surface area (Å²) >= 11 is 0. The molecular formula is C47H86O5Si3. The van der Waals surface area contributed by atoms with Crippen LogP contribution in [0.15, 0.2) is 47.6 Å². The molecule has 0 aliphatic heterocycles. The van der Waals surface area contributed by atoms with E-state index in [9.17, 15) is 4.79 Å². The minimum absolute atomic E-state index is 0.0212. The number of esters is 1. The number of hydrogen-bond donors (Lipinski definition) is 0. The van der Waals surface area contributed by atoms with Gasteiger partial charge in [0.15, 0.2) is 25.0 Å². The number of hydrogen-bond acceptors (Lipinski definition) is 5. The summed E-state index contributed by atoms with van der Waals surface area (Å²) in [5.41, 5.74) is 3.82. The first-order valence-electron chi connectivity index (χ1n) is 22.3. The molecule has 0 heterocycles. The van der Waals surface area contributed by atoms with Crippen LogP contribution in [0.5, 0.6) is 0 Å².